The van der Waals surface area contributed by atoms with Gasteiger partial charge in [-0.15, -0.1) is 0 Å². The van der Waals surface area contributed by atoms with Crippen molar-refractivity contribution in [1.82, 2.24) is 15.3 Å². The zero-order valence-electron chi connectivity index (χ0n) is 6.29. The Bertz CT molecular complexity index is 207. The number of aromatic nitrogens is 2. The molecule has 0 saturated heterocycles. The highest BCUT2D eigenvalue weighted by Crippen LogP contribution is 2.09. The lowest BCUT2D eigenvalue weighted by Crippen LogP contribution is -2.19. The topological polar surface area (TPSA) is 57.8 Å². The number of nitrogens with one attached hydrogen (secondary N) is 2. The lowest BCUT2D eigenvalue weighted by Gasteiger charge is -2.08. The van der Waals surface area contributed by atoms with Gasteiger partial charge in [0.25, 0.3) is 0 Å². The molecule has 1 aromatic heterocycles. The van der Waals surface area contributed by atoms with Gasteiger partial charge in [0.15, 0.2) is 0 Å². The van der Waals surface area contributed by atoms with E-state index in [9.17, 15) is 4.79 Å². The van der Waals surface area contributed by atoms with Crippen molar-refractivity contribution in [1.29, 1.82) is 0 Å². The molecule has 1 unspecified atom stereocenters. The van der Waals surface area contributed by atoms with E-state index in [0.717, 1.165) is 12.2 Å². The maximum atomic E-state index is 9.99. The lowest BCUT2D eigenvalue weighted by atomic mass is 10.2. The second-order valence-electron chi connectivity index (χ2n) is 2.18. The van der Waals surface area contributed by atoms with Crippen molar-refractivity contribution in [3.8, 4) is 0 Å². The maximum absolute atomic E-state index is 9.99. The van der Waals surface area contributed by atoms with E-state index < -0.39 is 0 Å². The molecule has 0 saturated carbocycles. The average Bonchev–Trinajstić information content (AvgIpc) is 2.52. The Morgan fingerprint density at radius 2 is 2.73 bits per heavy atom. The Hall–Kier alpha value is -1.32. The van der Waals surface area contributed by atoms with Crippen LogP contribution in [0.2, 0.25) is 0 Å². The number of carbonyl (C=O) groups excluding carboxylic acids is 1. The molecular formula is C7H10N3O. The van der Waals surface area contributed by atoms with E-state index in [1.165, 1.54) is 0 Å². The van der Waals surface area contributed by atoms with Crippen LogP contribution in [0.4, 0.5) is 0 Å². The summed E-state index contributed by atoms with van der Waals surface area (Å²) in [6, 6.07) is -0.0394. The zero-order chi connectivity index (χ0) is 8.10. The SMILES string of the molecule is CCC(N[C]=O)c1ncc[nH]1. The fourth-order valence-corrected chi connectivity index (χ4v) is 0.903. The molecule has 1 heterocycles. The molecule has 1 atom stereocenters. The normalized spacial score (nSPS) is 12.5. The van der Waals surface area contributed by atoms with Gasteiger partial charge in [0.2, 0.25) is 0 Å². The molecule has 1 rings (SSSR count). The highest BCUT2D eigenvalue weighted by atomic mass is 16.1. The summed E-state index contributed by atoms with van der Waals surface area (Å²) < 4.78 is 0. The van der Waals surface area contributed by atoms with Crippen LogP contribution in [0.3, 0.4) is 0 Å². The molecule has 0 bridgehead atoms. The largest absolute Gasteiger partial charge is 0.347 e. The Labute approximate surface area is 65.0 Å². The minimum atomic E-state index is -0.0394. The summed E-state index contributed by atoms with van der Waals surface area (Å²) >= 11 is 0. The van der Waals surface area contributed by atoms with Crippen LogP contribution in [-0.2, 0) is 4.79 Å². The second kappa shape index (κ2) is 3.75. The standard InChI is InChI=1S/C7H10N3O/c1-2-6(10-5-11)7-8-3-4-9-7/h3-4,6H,2H2,1H3,(H,8,9)(H,10,11). The Morgan fingerprint density at radius 3 is 3.18 bits per heavy atom. The second-order valence-corrected chi connectivity index (χ2v) is 2.18. The molecule has 1 radical (unpaired) electrons. The Balaban J connectivity index is 2.62. The van der Waals surface area contributed by atoms with Gasteiger partial charge in [0.05, 0.1) is 6.04 Å². The van der Waals surface area contributed by atoms with Crippen LogP contribution in [-0.4, -0.2) is 16.4 Å². The van der Waals surface area contributed by atoms with Crippen LogP contribution in [0.15, 0.2) is 12.4 Å². The van der Waals surface area contributed by atoms with Crippen LogP contribution in [0.5, 0.6) is 0 Å². The van der Waals surface area contributed by atoms with Crippen LogP contribution in [0.25, 0.3) is 0 Å². The van der Waals surface area contributed by atoms with E-state index in [2.05, 4.69) is 15.3 Å². The minimum absolute atomic E-state index is 0.0394. The molecule has 4 heteroatoms. The van der Waals surface area contributed by atoms with Gasteiger partial charge in [0, 0.05) is 12.4 Å². The molecule has 1 aromatic rings. The third-order valence-corrected chi connectivity index (χ3v) is 1.49. The van der Waals surface area contributed by atoms with Crippen molar-refractivity contribution >= 4 is 6.41 Å². The number of aromatic amines is 1. The molecule has 0 aliphatic heterocycles. The first kappa shape index (κ1) is 7.78. The van der Waals surface area contributed by atoms with E-state index in [1.807, 2.05) is 6.92 Å². The first-order chi connectivity index (χ1) is 5.38. The van der Waals surface area contributed by atoms with Crippen molar-refractivity contribution in [2.45, 2.75) is 19.4 Å². The van der Waals surface area contributed by atoms with Crippen LogP contribution >= 0.6 is 0 Å². The molecule has 0 aliphatic rings. The molecule has 2 N–H and O–H groups in total. The van der Waals surface area contributed by atoms with Crippen LogP contribution < -0.4 is 5.32 Å². The van der Waals surface area contributed by atoms with E-state index in [0.29, 0.717) is 0 Å². The molecule has 4 nitrogen and oxygen atoms in total. The third kappa shape index (κ3) is 1.80. The first-order valence-corrected chi connectivity index (χ1v) is 3.50. The summed E-state index contributed by atoms with van der Waals surface area (Å²) in [5.74, 6) is 0.774. The number of hydrogen-bond donors (Lipinski definition) is 2. The number of H-pyrrole nitrogens is 1. The van der Waals surface area contributed by atoms with E-state index in [-0.39, 0.29) is 6.04 Å². The van der Waals surface area contributed by atoms with E-state index >= 15 is 0 Å². The molecule has 1 amide bonds. The summed E-state index contributed by atoms with van der Waals surface area (Å²) in [6.07, 6.45) is 5.84. The summed E-state index contributed by atoms with van der Waals surface area (Å²) in [4.78, 5) is 16.9. The molecule has 0 aromatic carbocycles. The highest BCUT2D eigenvalue weighted by Gasteiger charge is 2.08. The maximum Gasteiger partial charge on any atom is 0.309 e. The predicted molar refractivity (Wildman–Crippen MR) is 40.4 cm³/mol. The van der Waals surface area contributed by atoms with E-state index in [1.54, 1.807) is 18.8 Å². The predicted octanol–water partition coefficient (Wildman–Crippen LogP) is 0.518. The van der Waals surface area contributed by atoms with E-state index in [4.69, 9.17) is 0 Å². The molecule has 0 spiro atoms. The summed E-state index contributed by atoms with van der Waals surface area (Å²) in [5, 5.41) is 2.54. The summed E-state index contributed by atoms with van der Waals surface area (Å²) in [7, 11) is 0. The quantitative estimate of drug-likeness (QED) is 0.618. The number of hydrogen-bond acceptors (Lipinski definition) is 2. The van der Waals surface area contributed by atoms with Gasteiger partial charge in [0.1, 0.15) is 5.82 Å². The Kier molecular flexibility index (Phi) is 2.66. The van der Waals surface area contributed by atoms with Crippen LogP contribution in [0.1, 0.15) is 25.2 Å². The van der Waals surface area contributed by atoms with Crippen molar-refractivity contribution in [2.75, 3.05) is 0 Å². The monoisotopic (exact) mass is 152 g/mol. The zero-order valence-corrected chi connectivity index (χ0v) is 6.29. The summed E-state index contributed by atoms with van der Waals surface area (Å²) in [6.45, 7) is 1.97. The fourth-order valence-electron chi connectivity index (χ4n) is 0.903. The highest BCUT2D eigenvalue weighted by molar-refractivity contribution is 5.48. The number of imidazole rings is 1. The molecule has 0 aliphatic carbocycles. The number of nitrogens with zero attached hydrogens (tertiary/aromatic N) is 1. The van der Waals surface area contributed by atoms with Gasteiger partial charge < -0.3 is 10.3 Å². The van der Waals surface area contributed by atoms with Gasteiger partial charge in [-0.3, -0.25) is 4.79 Å². The number of rotatable bonds is 4. The van der Waals surface area contributed by atoms with Crippen molar-refractivity contribution < 1.29 is 4.79 Å². The van der Waals surface area contributed by atoms with Crippen molar-refractivity contribution in [2.24, 2.45) is 0 Å². The third-order valence-electron chi connectivity index (χ3n) is 1.49. The molecular weight excluding hydrogens is 142 g/mol. The first-order valence-electron chi connectivity index (χ1n) is 3.50. The Morgan fingerprint density at radius 1 is 1.91 bits per heavy atom. The number of amides is 1. The van der Waals surface area contributed by atoms with Gasteiger partial charge >= 0.3 is 6.41 Å². The lowest BCUT2D eigenvalue weighted by molar-refractivity contribution is 0.509. The summed E-state index contributed by atoms with van der Waals surface area (Å²) in [5.41, 5.74) is 0. The van der Waals surface area contributed by atoms with Crippen molar-refractivity contribution in [3.05, 3.63) is 18.2 Å². The van der Waals surface area contributed by atoms with Gasteiger partial charge in [-0.25, -0.2) is 4.98 Å². The molecule has 0 fully saturated rings. The average molecular weight is 152 g/mol. The molecule has 11 heavy (non-hydrogen) atoms. The van der Waals surface area contributed by atoms with Gasteiger partial charge in [-0.1, -0.05) is 6.92 Å². The smallest absolute Gasteiger partial charge is 0.309 e. The fraction of sp³-hybridized carbons (Fsp3) is 0.429. The van der Waals surface area contributed by atoms with Crippen molar-refractivity contribution in [3.63, 3.8) is 0 Å². The molecule has 59 valence electrons. The van der Waals surface area contributed by atoms with Gasteiger partial charge in [-0.05, 0) is 6.42 Å². The van der Waals surface area contributed by atoms with Crippen LogP contribution in [0, 0.1) is 0 Å². The minimum Gasteiger partial charge on any atom is -0.347 e. The van der Waals surface area contributed by atoms with Gasteiger partial charge in [-0.2, -0.15) is 0 Å².